The van der Waals surface area contributed by atoms with Gasteiger partial charge in [0, 0.05) is 67.9 Å². The molecule has 1 aromatic carbocycles. The molecule has 0 spiro atoms. The summed E-state index contributed by atoms with van der Waals surface area (Å²) >= 11 is 0. The number of aldehydes is 1. The number of rotatable bonds is 8. The average molecular weight is 571 g/mol. The van der Waals surface area contributed by atoms with Gasteiger partial charge >= 0.3 is 0 Å². The molecule has 2 aromatic rings. The molecule has 1 atom stereocenters. The normalized spacial score (nSPS) is 19.6. The van der Waals surface area contributed by atoms with E-state index in [1.165, 1.54) is 11.9 Å². The summed E-state index contributed by atoms with van der Waals surface area (Å²) in [7, 11) is 1.52. The van der Waals surface area contributed by atoms with Crippen molar-refractivity contribution in [2.45, 2.75) is 31.7 Å². The van der Waals surface area contributed by atoms with E-state index >= 15 is 0 Å². The maximum absolute atomic E-state index is 13.1. The first-order valence-corrected chi connectivity index (χ1v) is 14.2. The smallest absolute Gasteiger partial charge is 0.255 e. The molecule has 0 aliphatic carbocycles. The highest BCUT2D eigenvalue weighted by molar-refractivity contribution is 6.06. The number of pyridine rings is 1. The van der Waals surface area contributed by atoms with Crippen LogP contribution in [0.5, 0.6) is 0 Å². The molecule has 1 aromatic heterocycles. The first-order valence-electron chi connectivity index (χ1n) is 14.2. The largest absolute Gasteiger partial charge is 0.371 e. The Morgan fingerprint density at radius 2 is 1.93 bits per heavy atom. The molecule has 0 radical (unpaired) electrons. The number of nitrogens with zero attached hydrogens (tertiary/aromatic N) is 4. The van der Waals surface area contributed by atoms with Gasteiger partial charge in [-0.3, -0.25) is 29.3 Å². The molecule has 11 nitrogen and oxygen atoms in total. The van der Waals surface area contributed by atoms with Gasteiger partial charge in [-0.25, -0.2) is 4.98 Å². The topological polar surface area (TPSA) is 132 Å². The van der Waals surface area contributed by atoms with Crippen molar-refractivity contribution in [3.8, 4) is 11.8 Å². The van der Waals surface area contributed by atoms with Crippen molar-refractivity contribution >= 4 is 41.9 Å². The molecule has 3 aliphatic heterocycles. The van der Waals surface area contributed by atoms with Gasteiger partial charge in [-0.15, -0.1) is 0 Å². The molecular formula is C31H34N6O5. The number of hydrogen-bond donors (Lipinski definition) is 2. The van der Waals surface area contributed by atoms with Crippen molar-refractivity contribution in [3.05, 3.63) is 53.2 Å². The van der Waals surface area contributed by atoms with Crippen molar-refractivity contribution in [3.63, 3.8) is 0 Å². The molecule has 42 heavy (non-hydrogen) atoms. The van der Waals surface area contributed by atoms with Gasteiger partial charge < -0.3 is 20.0 Å². The fraction of sp³-hybridized carbons (Fsp3) is 0.419. The second-order valence-electron chi connectivity index (χ2n) is 11.1. The zero-order chi connectivity index (χ0) is 29.6. The zero-order valence-electron chi connectivity index (χ0n) is 23.5. The molecule has 0 bridgehead atoms. The van der Waals surface area contributed by atoms with Crippen LogP contribution in [0.15, 0.2) is 36.5 Å². The summed E-state index contributed by atoms with van der Waals surface area (Å²) in [6, 6.07) is 8.08. The molecule has 1 unspecified atom stereocenters. The van der Waals surface area contributed by atoms with Crippen LogP contribution in [0.2, 0.25) is 0 Å². The predicted molar refractivity (Wildman–Crippen MR) is 156 cm³/mol. The monoisotopic (exact) mass is 570 g/mol. The Morgan fingerprint density at radius 1 is 1.14 bits per heavy atom. The lowest BCUT2D eigenvalue weighted by molar-refractivity contribution is -0.136. The number of likely N-dealkylation sites (tertiary alicyclic amines) is 1. The number of benzene rings is 1. The third-order valence-electron chi connectivity index (χ3n) is 8.21. The van der Waals surface area contributed by atoms with Crippen molar-refractivity contribution in [1.29, 1.82) is 0 Å². The Labute approximate surface area is 244 Å². The molecule has 3 saturated heterocycles. The fourth-order valence-electron chi connectivity index (χ4n) is 5.74. The summed E-state index contributed by atoms with van der Waals surface area (Å²) in [5, 5.41) is 4.78. The number of anilines is 2. The molecule has 4 amide bonds. The van der Waals surface area contributed by atoms with Crippen LogP contribution < -0.4 is 15.5 Å². The number of nitrogens with one attached hydrogen (secondary N) is 2. The average Bonchev–Trinajstić information content (AvgIpc) is 2.98. The van der Waals surface area contributed by atoms with Crippen LogP contribution in [0.1, 0.15) is 52.0 Å². The Morgan fingerprint density at radius 3 is 2.60 bits per heavy atom. The molecule has 11 heteroatoms. The van der Waals surface area contributed by atoms with Crippen LogP contribution in [0.25, 0.3) is 0 Å². The van der Waals surface area contributed by atoms with E-state index in [1.807, 2.05) is 12.1 Å². The lowest BCUT2D eigenvalue weighted by atomic mass is 9.93. The summed E-state index contributed by atoms with van der Waals surface area (Å²) in [5.74, 6) is 6.69. The van der Waals surface area contributed by atoms with Crippen molar-refractivity contribution in [2.75, 3.05) is 50.0 Å². The Kier molecular flexibility index (Phi) is 8.93. The van der Waals surface area contributed by atoms with E-state index in [9.17, 15) is 24.0 Å². The number of piperidine rings is 2. The Hall–Kier alpha value is -4.56. The van der Waals surface area contributed by atoms with E-state index in [-0.39, 0.29) is 29.9 Å². The summed E-state index contributed by atoms with van der Waals surface area (Å²) in [4.78, 5) is 69.3. The van der Waals surface area contributed by atoms with Crippen LogP contribution in [-0.4, -0.2) is 91.0 Å². The van der Waals surface area contributed by atoms with Gasteiger partial charge in [-0.1, -0.05) is 11.8 Å². The highest BCUT2D eigenvalue weighted by atomic mass is 16.2. The summed E-state index contributed by atoms with van der Waals surface area (Å²) in [6.07, 6.45) is 5.42. The van der Waals surface area contributed by atoms with Crippen LogP contribution in [0.4, 0.5) is 11.5 Å². The molecule has 218 valence electrons. The minimum Gasteiger partial charge on any atom is -0.371 e. The minimum absolute atomic E-state index is 0.172. The number of amides is 4. The summed E-state index contributed by atoms with van der Waals surface area (Å²) in [5.41, 5.74) is 2.26. The van der Waals surface area contributed by atoms with Crippen molar-refractivity contribution in [2.24, 2.45) is 11.8 Å². The molecule has 0 saturated carbocycles. The van der Waals surface area contributed by atoms with E-state index < -0.39 is 17.9 Å². The van der Waals surface area contributed by atoms with Gasteiger partial charge in [0.1, 0.15) is 11.9 Å². The second kappa shape index (κ2) is 13.0. The first kappa shape index (κ1) is 29.0. The number of carbonyl (C=O) groups excluding carboxylic acids is 5. The zero-order valence-corrected chi connectivity index (χ0v) is 23.5. The molecule has 3 aliphatic rings. The number of carbonyl (C=O) groups is 5. The van der Waals surface area contributed by atoms with Gasteiger partial charge in [-0.05, 0) is 62.7 Å². The number of aromatic nitrogens is 1. The summed E-state index contributed by atoms with van der Waals surface area (Å²) < 4.78 is 0. The van der Waals surface area contributed by atoms with Gasteiger partial charge in [0.2, 0.25) is 18.2 Å². The van der Waals surface area contributed by atoms with Crippen LogP contribution >= 0.6 is 0 Å². The Bertz CT molecular complexity index is 1420. The van der Waals surface area contributed by atoms with E-state index in [0.29, 0.717) is 30.3 Å². The highest BCUT2D eigenvalue weighted by Gasteiger charge is 2.34. The minimum atomic E-state index is -0.745. The molecule has 5 rings (SSSR count). The number of hydrogen-bond acceptors (Lipinski definition) is 8. The third-order valence-corrected chi connectivity index (χ3v) is 8.21. The van der Waals surface area contributed by atoms with Gasteiger partial charge in [0.15, 0.2) is 6.29 Å². The quantitative estimate of drug-likeness (QED) is 0.278. The van der Waals surface area contributed by atoms with E-state index in [4.69, 9.17) is 0 Å². The van der Waals surface area contributed by atoms with Gasteiger partial charge in [-0.2, -0.15) is 0 Å². The van der Waals surface area contributed by atoms with E-state index in [2.05, 4.69) is 37.3 Å². The number of imide groups is 1. The standard InChI is InChI=1S/C31H34N6O5/c1-35(27-7-9-29(40)34-30(27)41)31(42)26-6-5-25(14-24(26)19-38)37-17-23(18-37)16-36-12-10-21(11-13-36)2-3-22-4-8-28(32-15-22)33-20-39/h4-6,8,14-15,19-21,23,27H,7,9-13,16-18H2,1H3,(H,32,33,39)(H,34,40,41). The van der Waals surface area contributed by atoms with E-state index in [0.717, 1.165) is 56.8 Å². The SMILES string of the molecule is CN(C(=O)c1ccc(N2CC(CN3CCC(C#Cc4ccc(NC=O)nc4)CC3)C2)cc1C=O)C1CCC(=O)NC1=O. The lowest BCUT2D eigenvalue weighted by Gasteiger charge is -2.44. The van der Waals surface area contributed by atoms with Crippen molar-refractivity contribution in [1.82, 2.24) is 20.1 Å². The van der Waals surface area contributed by atoms with Crippen LogP contribution in [-0.2, 0) is 14.4 Å². The van der Waals surface area contributed by atoms with Gasteiger partial charge in [0.25, 0.3) is 5.91 Å². The van der Waals surface area contributed by atoms with E-state index in [1.54, 1.807) is 24.4 Å². The maximum atomic E-state index is 13.1. The van der Waals surface area contributed by atoms with Gasteiger partial charge in [0.05, 0.1) is 5.56 Å². The molecule has 3 fully saturated rings. The fourth-order valence-corrected chi connectivity index (χ4v) is 5.74. The molecular weight excluding hydrogens is 536 g/mol. The predicted octanol–water partition coefficient (Wildman–Crippen LogP) is 1.54. The molecule has 2 N–H and O–H groups in total. The van der Waals surface area contributed by atoms with Crippen molar-refractivity contribution < 1.29 is 24.0 Å². The van der Waals surface area contributed by atoms with Crippen LogP contribution in [0, 0.1) is 23.7 Å². The third kappa shape index (κ3) is 6.66. The Balaban J connectivity index is 1.09. The summed E-state index contributed by atoms with van der Waals surface area (Å²) in [6.45, 7) is 4.78. The number of likely N-dealkylation sites (N-methyl/N-ethyl adjacent to an activating group) is 1. The maximum Gasteiger partial charge on any atom is 0.255 e. The first-order chi connectivity index (χ1) is 20.3. The lowest BCUT2D eigenvalue weighted by Crippen LogP contribution is -2.53. The highest BCUT2D eigenvalue weighted by Crippen LogP contribution is 2.29. The van der Waals surface area contributed by atoms with Crippen LogP contribution in [0.3, 0.4) is 0 Å². The molecule has 4 heterocycles. The second-order valence-corrected chi connectivity index (χ2v) is 11.1.